The number of aromatic amines is 1. The van der Waals surface area contributed by atoms with E-state index in [2.05, 4.69) is 11.9 Å². The number of carbonyl (C=O) groups excluding carboxylic acids is 1. The number of carbonyl (C=O) groups is 1. The number of nitrogens with one attached hydrogen (secondary N) is 1. The Morgan fingerprint density at radius 3 is 2.82 bits per heavy atom. The van der Waals surface area contributed by atoms with Gasteiger partial charge in [-0.05, 0) is 30.5 Å². The van der Waals surface area contributed by atoms with Gasteiger partial charge in [0.2, 0.25) is 5.91 Å². The first-order valence-corrected chi connectivity index (χ1v) is 7.18. The molecule has 1 aromatic heterocycles. The van der Waals surface area contributed by atoms with Gasteiger partial charge in [-0.15, -0.1) is 12.4 Å². The third-order valence-electron chi connectivity index (χ3n) is 4.38. The second-order valence-electron chi connectivity index (χ2n) is 6.11. The maximum atomic E-state index is 12.4. The Morgan fingerprint density at radius 1 is 1.41 bits per heavy atom. The SMILES string of the molecule is CC1(CN)CCN(C(=O)Cn2c(=O)[nH]c3ccccc32)C1.Cl. The second-order valence-corrected chi connectivity index (χ2v) is 6.11. The van der Waals surface area contributed by atoms with Crippen molar-refractivity contribution in [3.05, 3.63) is 34.7 Å². The van der Waals surface area contributed by atoms with E-state index in [1.165, 1.54) is 4.57 Å². The van der Waals surface area contributed by atoms with Crippen LogP contribution in [-0.2, 0) is 11.3 Å². The first kappa shape index (κ1) is 16.6. The van der Waals surface area contributed by atoms with Crippen LogP contribution in [0, 0.1) is 5.41 Å². The van der Waals surface area contributed by atoms with Crippen molar-refractivity contribution in [2.75, 3.05) is 19.6 Å². The average molecular weight is 325 g/mol. The fraction of sp³-hybridized carbons (Fsp3) is 0.467. The highest BCUT2D eigenvalue weighted by molar-refractivity contribution is 5.85. The lowest BCUT2D eigenvalue weighted by Crippen LogP contribution is -2.37. The topological polar surface area (TPSA) is 84.1 Å². The molecule has 0 bridgehead atoms. The number of rotatable bonds is 3. The number of halogens is 1. The minimum absolute atomic E-state index is 0. The summed E-state index contributed by atoms with van der Waals surface area (Å²) in [4.78, 5) is 29.0. The van der Waals surface area contributed by atoms with Crippen LogP contribution in [0.5, 0.6) is 0 Å². The molecule has 0 radical (unpaired) electrons. The summed E-state index contributed by atoms with van der Waals surface area (Å²) in [6.07, 6.45) is 0.915. The Balaban J connectivity index is 0.00000176. The molecule has 0 spiro atoms. The molecule has 22 heavy (non-hydrogen) atoms. The van der Waals surface area contributed by atoms with Crippen LogP contribution in [0.15, 0.2) is 29.1 Å². The van der Waals surface area contributed by atoms with Gasteiger partial charge in [-0.2, -0.15) is 0 Å². The molecule has 6 nitrogen and oxygen atoms in total. The standard InChI is InChI=1S/C15H20N4O2.ClH/c1-15(9-16)6-7-18(10-15)13(20)8-19-12-5-3-2-4-11(12)17-14(19)21;/h2-5H,6-10,16H2,1H3,(H,17,21);1H. The van der Waals surface area contributed by atoms with Gasteiger partial charge in [-0.3, -0.25) is 9.36 Å². The number of fused-ring (bicyclic) bond motifs is 1. The Bertz CT molecular complexity index is 738. The molecule has 1 aliphatic rings. The number of nitrogens with two attached hydrogens (primary N) is 1. The van der Waals surface area contributed by atoms with Gasteiger partial charge in [-0.25, -0.2) is 4.79 Å². The summed E-state index contributed by atoms with van der Waals surface area (Å²) in [7, 11) is 0. The minimum atomic E-state index is -0.245. The maximum Gasteiger partial charge on any atom is 0.326 e. The van der Waals surface area contributed by atoms with Crippen molar-refractivity contribution in [3.8, 4) is 0 Å². The molecule has 1 aromatic carbocycles. The Labute approximate surface area is 134 Å². The van der Waals surface area contributed by atoms with Gasteiger partial charge >= 0.3 is 5.69 Å². The molecule has 7 heteroatoms. The number of aromatic nitrogens is 2. The molecule has 2 aromatic rings. The predicted octanol–water partition coefficient (Wildman–Crippen LogP) is 0.949. The molecule has 1 unspecified atom stereocenters. The molecule has 1 atom stereocenters. The van der Waals surface area contributed by atoms with E-state index in [-0.39, 0.29) is 36.0 Å². The number of likely N-dealkylation sites (tertiary alicyclic amines) is 1. The highest BCUT2D eigenvalue weighted by Crippen LogP contribution is 2.28. The smallest absolute Gasteiger partial charge is 0.326 e. The van der Waals surface area contributed by atoms with Crippen LogP contribution >= 0.6 is 12.4 Å². The Kier molecular flexibility index (Phi) is 4.63. The van der Waals surface area contributed by atoms with Crippen LogP contribution in [0.2, 0.25) is 0 Å². The molecular weight excluding hydrogens is 304 g/mol. The maximum absolute atomic E-state index is 12.4. The molecule has 0 saturated carbocycles. The zero-order valence-corrected chi connectivity index (χ0v) is 13.4. The average Bonchev–Trinajstić information content (AvgIpc) is 3.02. The van der Waals surface area contributed by atoms with E-state index in [0.29, 0.717) is 19.6 Å². The van der Waals surface area contributed by atoms with E-state index < -0.39 is 0 Å². The summed E-state index contributed by atoms with van der Waals surface area (Å²) in [5.74, 6) is -0.0287. The molecule has 1 fully saturated rings. The summed E-state index contributed by atoms with van der Waals surface area (Å²) < 4.78 is 1.50. The number of hydrogen-bond donors (Lipinski definition) is 2. The summed E-state index contributed by atoms with van der Waals surface area (Å²) in [6.45, 7) is 4.12. The first-order chi connectivity index (χ1) is 10.0. The molecule has 2 heterocycles. The third-order valence-corrected chi connectivity index (χ3v) is 4.38. The van der Waals surface area contributed by atoms with Crippen molar-refractivity contribution in [2.24, 2.45) is 11.1 Å². The lowest BCUT2D eigenvalue weighted by molar-refractivity contribution is -0.131. The number of nitrogens with zero attached hydrogens (tertiary/aromatic N) is 2. The molecule has 3 N–H and O–H groups in total. The lowest BCUT2D eigenvalue weighted by Gasteiger charge is -2.22. The molecule has 3 rings (SSSR count). The van der Waals surface area contributed by atoms with E-state index in [0.717, 1.165) is 17.5 Å². The number of amides is 1. The Hall–Kier alpha value is -1.79. The highest BCUT2D eigenvalue weighted by atomic mass is 35.5. The van der Waals surface area contributed by atoms with Gasteiger partial charge in [0, 0.05) is 13.1 Å². The van der Waals surface area contributed by atoms with E-state index in [4.69, 9.17) is 5.73 Å². The normalized spacial score (nSPS) is 21.1. The van der Waals surface area contributed by atoms with Crippen LogP contribution in [0.4, 0.5) is 0 Å². The minimum Gasteiger partial charge on any atom is -0.341 e. The number of imidazole rings is 1. The fourth-order valence-electron chi connectivity index (χ4n) is 2.90. The summed E-state index contributed by atoms with van der Waals surface area (Å²) in [5, 5.41) is 0. The van der Waals surface area contributed by atoms with Crippen LogP contribution in [0.1, 0.15) is 13.3 Å². The van der Waals surface area contributed by atoms with Crippen LogP contribution in [0.25, 0.3) is 11.0 Å². The second kappa shape index (κ2) is 6.14. The van der Waals surface area contributed by atoms with Crippen molar-refractivity contribution in [2.45, 2.75) is 19.9 Å². The largest absolute Gasteiger partial charge is 0.341 e. The number of hydrogen-bond acceptors (Lipinski definition) is 3. The van der Waals surface area contributed by atoms with Gasteiger partial charge in [0.1, 0.15) is 6.54 Å². The molecule has 1 amide bonds. The zero-order valence-electron chi connectivity index (χ0n) is 12.5. The quantitative estimate of drug-likeness (QED) is 0.881. The molecule has 1 aliphatic heterocycles. The van der Waals surface area contributed by atoms with E-state index in [1.54, 1.807) is 4.90 Å². The lowest BCUT2D eigenvalue weighted by atomic mass is 9.90. The van der Waals surface area contributed by atoms with E-state index in [9.17, 15) is 9.59 Å². The van der Waals surface area contributed by atoms with Gasteiger partial charge in [0.25, 0.3) is 0 Å². The Morgan fingerprint density at radius 2 is 2.14 bits per heavy atom. The van der Waals surface area contributed by atoms with Crippen molar-refractivity contribution in [1.82, 2.24) is 14.5 Å². The summed E-state index contributed by atoms with van der Waals surface area (Å²) >= 11 is 0. The van der Waals surface area contributed by atoms with Crippen molar-refractivity contribution < 1.29 is 4.79 Å². The van der Waals surface area contributed by atoms with E-state index in [1.807, 2.05) is 24.3 Å². The van der Waals surface area contributed by atoms with Crippen LogP contribution in [-0.4, -0.2) is 40.0 Å². The molecular formula is C15H21ClN4O2. The molecule has 120 valence electrons. The predicted molar refractivity (Wildman–Crippen MR) is 88.2 cm³/mol. The van der Waals surface area contributed by atoms with Gasteiger partial charge in [0.05, 0.1) is 11.0 Å². The number of para-hydroxylation sites is 2. The van der Waals surface area contributed by atoms with E-state index >= 15 is 0 Å². The van der Waals surface area contributed by atoms with Gasteiger partial charge in [0.15, 0.2) is 0 Å². The fourth-order valence-corrected chi connectivity index (χ4v) is 2.90. The number of H-pyrrole nitrogens is 1. The van der Waals surface area contributed by atoms with Gasteiger partial charge in [-0.1, -0.05) is 19.1 Å². The molecule has 0 aliphatic carbocycles. The van der Waals surface area contributed by atoms with Crippen molar-refractivity contribution in [3.63, 3.8) is 0 Å². The molecule has 1 saturated heterocycles. The third kappa shape index (κ3) is 2.89. The zero-order chi connectivity index (χ0) is 15.0. The summed E-state index contributed by atoms with van der Waals surface area (Å²) in [5.41, 5.74) is 7.04. The van der Waals surface area contributed by atoms with Crippen LogP contribution in [0.3, 0.4) is 0 Å². The number of benzene rings is 1. The van der Waals surface area contributed by atoms with Gasteiger partial charge < -0.3 is 15.6 Å². The van der Waals surface area contributed by atoms with Crippen LogP contribution < -0.4 is 11.4 Å². The first-order valence-electron chi connectivity index (χ1n) is 7.18. The summed E-state index contributed by atoms with van der Waals surface area (Å²) in [6, 6.07) is 7.39. The highest BCUT2D eigenvalue weighted by Gasteiger charge is 2.34. The van der Waals surface area contributed by atoms with Crippen molar-refractivity contribution >= 4 is 29.3 Å². The van der Waals surface area contributed by atoms with Crippen molar-refractivity contribution in [1.29, 1.82) is 0 Å². The monoisotopic (exact) mass is 324 g/mol.